The molecule has 78 valence electrons. The van der Waals surface area contributed by atoms with Gasteiger partial charge in [0.25, 0.3) is 5.56 Å². The number of hydrogen-bond donors (Lipinski definition) is 2. The molecule has 0 spiro atoms. The molecule has 6 heteroatoms. The summed E-state index contributed by atoms with van der Waals surface area (Å²) in [4.78, 5) is 15.6. The molecule has 3 N–H and O–H groups in total. The molecule has 5 nitrogen and oxygen atoms in total. The maximum absolute atomic E-state index is 11.6. The van der Waals surface area contributed by atoms with E-state index in [1.165, 1.54) is 10.9 Å². The molecule has 1 unspecified atom stereocenters. The third-order valence-corrected chi connectivity index (χ3v) is 2.75. The van der Waals surface area contributed by atoms with Crippen LogP contribution in [-0.4, -0.2) is 27.3 Å². The normalized spacial score (nSPS) is 12.9. The van der Waals surface area contributed by atoms with E-state index in [1.807, 2.05) is 0 Å². The van der Waals surface area contributed by atoms with Gasteiger partial charge < -0.3 is 10.8 Å². The lowest BCUT2D eigenvalue weighted by Gasteiger charge is -2.10. The van der Waals surface area contributed by atoms with E-state index < -0.39 is 6.10 Å². The zero-order valence-corrected chi connectivity index (χ0v) is 9.36. The minimum Gasteiger partial charge on any atom is -0.390 e. The van der Waals surface area contributed by atoms with Gasteiger partial charge in [-0.3, -0.25) is 9.36 Å². The Balaban J connectivity index is 3.00. The van der Waals surface area contributed by atoms with Crippen LogP contribution in [0.5, 0.6) is 0 Å². The highest BCUT2D eigenvalue weighted by molar-refractivity contribution is 9.10. The van der Waals surface area contributed by atoms with Crippen LogP contribution in [0.15, 0.2) is 15.6 Å². The first-order chi connectivity index (χ1) is 6.56. The first-order valence-electron chi connectivity index (χ1n) is 4.16. The molecule has 0 bridgehead atoms. The Hall–Kier alpha value is -0.720. The molecule has 0 aromatic carbocycles. The number of aliphatic hydroxyl groups excluding tert-OH is 1. The second kappa shape index (κ2) is 4.68. The summed E-state index contributed by atoms with van der Waals surface area (Å²) in [6.45, 7) is 2.02. The van der Waals surface area contributed by atoms with E-state index in [-0.39, 0.29) is 18.6 Å². The minimum atomic E-state index is -0.718. The Morgan fingerprint density at radius 1 is 1.79 bits per heavy atom. The van der Waals surface area contributed by atoms with Gasteiger partial charge in [-0.25, -0.2) is 4.98 Å². The first kappa shape index (κ1) is 11.4. The minimum absolute atomic E-state index is 0.123. The first-order valence-corrected chi connectivity index (χ1v) is 4.95. The smallest absolute Gasteiger partial charge is 0.267 e. The molecule has 0 fully saturated rings. The van der Waals surface area contributed by atoms with Crippen molar-refractivity contribution in [2.75, 3.05) is 6.54 Å². The number of aromatic nitrogens is 2. The van der Waals surface area contributed by atoms with Crippen molar-refractivity contribution in [2.24, 2.45) is 5.73 Å². The van der Waals surface area contributed by atoms with Crippen LogP contribution in [0.25, 0.3) is 0 Å². The lowest BCUT2D eigenvalue weighted by atomic mass is 10.3. The third kappa shape index (κ3) is 2.40. The summed E-state index contributed by atoms with van der Waals surface area (Å²) >= 11 is 3.13. The molecule has 0 aliphatic rings. The van der Waals surface area contributed by atoms with E-state index in [4.69, 9.17) is 5.73 Å². The Bertz CT molecular complexity index is 377. The zero-order chi connectivity index (χ0) is 10.7. The Morgan fingerprint density at radius 3 is 3.00 bits per heavy atom. The van der Waals surface area contributed by atoms with Crippen molar-refractivity contribution >= 4 is 15.9 Å². The molecule has 1 rings (SSSR count). The molecule has 0 amide bonds. The van der Waals surface area contributed by atoms with Gasteiger partial charge in [-0.15, -0.1) is 0 Å². The molecule has 0 saturated carbocycles. The summed E-state index contributed by atoms with van der Waals surface area (Å²) in [5.74, 6) is 0. The van der Waals surface area contributed by atoms with E-state index >= 15 is 0 Å². The number of hydrogen-bond acceptors (Lipinski definition) is 4. The molecule has 14 heavy (non-hydrogen) atoms. The molecule has 1 atom stereocenters. The molecule has 0 saturated heterocycles. The number of halogens is 1. The number of nitrogens with zero attached hydrogens (tertiary/aromatic N) is 2. The highest BCUT2D eigenvalue weighted by atomic mass is 79.9. The average Bonchev–Trinajstić information content (AvgIpc) is 2.19. The van der Waals surface area contributed by atoms with Crippen LogP contribution in [0.3, 0.4) is 0 Å². The molecule has 1 aromatic rings. The Labute approximate surface area is 89.7 Å². The summed E-state index contributed by atoms with van der Waals surface area (Å²) in [5.41, 5.74) is 5.67. The summed E-state index contributed by atoms with van der Waals surface area (Å²) in [6.07, 6.45) is 0.686. The maximum Gasteiger partial charge on any atom is 0.267 e. The van der Waals surface area contributed by atoms with Gasteiger partial charge in [0.15, 0.2) is 0 Å². The van der Waals surface area contributed by atoms with E-state index in [1.54, 1.807) is 6.92 Å². The summed E-state index contributed by atoms with van der Waals surface area (Å²) in [5, 5.41) is 9.27. The molecule has 0 aliphatic carbocycles. The summed E-state index contributed by atoms with van der Waals surface area (Å²) in [6, 6.07) is 0. The van der Waals surface area contributed by atoms with Crippen molar-refractivity contribution < 1.29 is 5.11 Å². The van der Waals surface area contributed by atoms with Gasteiger partial charge in [0.2, 0.25) is 0 Å². The molecular formula is C8H12BrN3O2. The summed E-state index contributed by atoms with van der Waals surface area (Å²) in [7, 11) is 0. The van der Waals surface area contributed by atoms with Gasteiger partial charge >= 0.3 is 0 Å². The van der Waals surface area contributed by atoms with E-state index in [2.05, 4.69) is 20.9 Å². The fraction of sp³-hybridized carbons (Fsp3) is 0.500. The zero-order valence-electron chi connectivity index (χ0n) is 7.77. The second-order valence-electron chi connectivity index (χ2n) is 2.99. The van der Waals surface area contributed by atoms with Gasteiger partial charge in [-0.2, -0.15) is 0 Å². The van der Waals surface area contributed by atoms with Gasteiger partial charge in [0, 0.05) is 6.54 Å². The molecular weight excluding hydrogens is 250 g/mol. The van der Waals surface area contributed by atoms with Crippen molar-refractivity contribution in [1.29, 1.82) is 0 Å². The SMILES string of the molecule is Cc1ncn(CC(O)CN)c(=O)c1Br. The number of nitrogens with two attached hydrogens (primary N) is 1. The lowest BCUT2D eigenvalue weighted by molar-refractivity contribution is 0.160. The molecule has 0 aliphatic heterocycles. The van der Waals surface area contributed by atoms with E-state index in [9.17, 15) is 9.90 Å². The van der Waals surface area contributed by atoms with Crippen LogP contribution in [0.1, 0.15) is 5.69 Å². The van der Waals surface area contributed by atoms with Gasteiger partial charge in [-0.1, -0.05) is 0 Å². The fourth-order valence-corrected chi connectivity index (χ4v) is 1.31. The Kier molecular flexibility index (Phi) is 3.79. The van der Waals surface area contributed by atoms with Crippen molar-refractivity contribution in [3.05, 3.63) is 26.8 Å². The highest BCUT2D eigenvalue weighted by Crippen LogP contribution is 2.06. The fourth-order valence-electron chi connectivity index (χ4n) is 0.978. The summed E-state index contributed by atoms with van der Waals surface area (Å²) < 4.78 is 1.75. The Morgan fingerprint density at radius 2 is 2.43 bits per heavy atom. The average molecular weight is 262 g/mol. The predicted molar refractivity (Wildman–Crippen MR) is 56.0 cm³/mol. The van der Waals surface area contributed by atoms with Crippen LogP contribution in [0.2, 0.25) is 0 Å². The van der Waals surface area contributed by atoms with E-state index in [0.717, 1.165) is 0 Å². The van der Waals surface area contributed by atoms with Crippen LogP contribution < -0.4 is 11.3 Å². The molecule has 1 aromatic heterocycles. The topological polar surface area (TPSA) is 81.1 Å². The van der Waals surface area contributed by atoms with Gasteiger partial charge in [-0.05, 0) is 22.9 Å². The molecule has 0 radical (unpaired) electrons. The second-order valence-corrected chi connectivity index (χ2v) is 3.78. The van der Waals surface area contributed by atoms with Gasteiger partial charge in [0.1, 0.15) is 4.47 Å². The highest BCUT2D eigenvalue weighted by Gasteiger charge is 2.08. The maximum atomic E-state index is 11.6. The van der Waals surface area contributed by atoms with Crippen LogP contribution in [0.4, 0.5) is 0 Å². The van der Waals surface area contributed by atoms with Crippen molar-refractivity contribution in [3.63, 3.8) is 0 Å². The number of aliphatic hydroxyl groups is 1. The monoisotopic (exact) mass is 261 g/mol. The van der Waals surface area contributed by atoms with Crippen LogP contribution in [-0.2, 0) is 6.54 Å². The molecule has 1 heterocycles. The van der Waals surface area contributed by atoms with Crippen LogP contribution in [0, 0.1) is 6.92 Å². The van der Waals surface area contributed by atoms with Crippen molar-refractivity contribution in [3.8, 4) is 0 Å². The largest absolute Gasteiger partial charge is 0.390 e. The van der Waals surface area contributed by atoms with Gasteiger partial charge in [0.05, 0.1) is 24.7 Å². The van der Waals surface area contributed by atoms with Crippen molar-refractivity contribution in [1.82, 2.24) is 9.55 Å². The number of aryl methyl sites for hydroxylation is 1. The van der Waals surface area contributed by atoms with Crippen LogP contribution >= 0.6 is 15.9 Å². The predicted octanol–water partition coefficient (Wildman–Crippen LogP) is -0.366. The standard InChI is InChI=1S/C8H12BrN3O2/c1-5-7(9)8(14)12(4-11-5)3-6(13)2-10/h4,6,13H,2-3,10H2,1H3. The quantitative estimate of drug-likeness (QED) is 0.779. The third-order valence-electron chi connectivity index (χ3n) is 1.84. The van der Waals surface area contributed by atoms with E-state index in [0.29, 0.717) is 10.2 Å². The van der Waals surface area contributed by atoms with Crippen molar-refractivity contribution in [2.45, 2.75) is 19.6 Å². The lowest BCUT2D eigenvalue weighted by Crippen LogP contribution is -2.31. The number of rotatable bonds is 3.